The lowest BCUT2D eigenvalue weighted by Gasteiger charge is -2.37. The standard InChI is InChI=1S/C20H38N4O3/c1-16(2)18(24-11-13-26-14-12-24)15-23-20(21-3)22-10-6-9-19(25)27-17-7-4-5-8-17/h16-18H,4-15H2,1-3H3,(H2,21,22,23). The lowest BCUT2D eigenvalue weighted by atomic mass is 10.0. The van der Waals surface area contributed by atoms with Gasteiger partial charge in [0.05, 0.1) is 13.2 Å². The first-order valence-corrected chi connectivity index (χ1v) is 10.6. The molecule has 0 aromatic carbocycles. The molecule has 1 unspecified atom stereocenters. The van der Waals surface area contributed by atoms with Gasteiger partial charge in [0.15, 0.2) is 5.96 Å². The summed E-state index contributed by atoms with van der Waals surface area (Å²) in [7, 11) is 1.78. The van der Waals surface area contributed by atoms with Crippen molar-refractivity contribution in [2.45, 2.75) is 64.5 Å². The van der Waals surface area contributed by atoms with Crippen LogP contribution in [0.3, 0.4) is 0 Å². The molecule has 0 bridgehead atoms. The van der Waals surface area contributed by atoms with E-state index >= 15 is 0 Å². The van der Waals surface area contributed by atoms with Crippen LogP contribution in [0.15, 0.2) is 4.99 Å². The summed E-state index contributed by atoms with van der Waals surface area (Å²) < 4.78 is 11.0. The number of morpholine rings is 1. The summed E-state index contributed by atoms with van der Waals surface area (Å²) >= 11 is 0. The van der Waals surface area contributed by atoms with E-state index in [9.17, 15) is 4.79 Å². The number of nitrogens with one attached hydrogen (secondary N) is 2. The average molecular weight is 383 g/mol. The Morgan fingerprint density at radius 2 is 1.93 bits per heavy atom. The van der Waals surface area contributed by atoms with Crippen LogP contribution in [0.25, 0.3) is 0 Å². The minimum atomic E-state index is -0.0705. The first-order chi connectivity index (χ1) is 13.1. The number of guanidine groups is 1. The van der Waals surface area contributed by atoms with Crippen molar-refractivity contribution in [2.24, 2.45) is 10.9 Å². The van der Waals surface area contributed by atoms with E-state index in [4.69, 9.17) is 9.47 Å². The van der Waals surface area contributed by atoms with Crippen molar-refractivity contribution in [2.75, 3.05) is 46.4 Å². The molecule has 1 saturated carbocycles. The maximum atomic E-state index is 11.9. The fraction of sp³-hybridized carbons (Fsp3) is 0.900. The van der Waals surface area contributed by atoms with E-state index in [1.165, 1.54) is 12.8 Å². The number of rotatable bonds is 9. The maximum Gasteiger partial charge on any atom is 0.306 e. The van der Waals surface area contributed by atoms with Crippen molar-refractivity contribution in [1.29, 1.82) is 0 Å². The van der Waals surface area contributed by atoms with E-state index in [0.717, 1.165) is 58.1 Å². The maximum absolute atomic E-state index is 11.9. The molecular weight excluding hydrogens is 344 g/mol. The van der Waals surface area contributed by atoms with Gasteiger partial charge in [0.2, 0.25) is 0 Å². The monoisotopic (exact) mass is 382 g/mol. The molecule has 0 aromatic rings. The Morgan fingerprint density at radius 1 is 1.22 bits per heavy atom. The van der Waals surface area contributed by atoms with Crippen molar-refractivity contribution in [3.8, 4) is 0 Å². The normalized spacial score (nSPS) is 20.7. The first kappa shape index (κ1) is 22.0. The number of ether oxygens (including phenoxy) is 2. The topological polar surface area (TPSA) is 75.2 Å². The zero-order chi connectivity index (χ0) is 19.5. The van der Waals surface area contributed by atoms with Crippen LogP contribution in [0.5, 0.6) is 0 Å². The minimum Gasteiger partial charge on any atom is -0.462 e. The molecule has 27 heavy (non-hydrogen) atoms. The molecule has 0 spiro atoms. The predicted molar refractivity (Wildman–Crippen MR) is 108 cm³/mol. The van der Waals surface area contributed by atoms with E-state index < -0.39 is 0 Å². The second-order valence-corrected chi connectivity index (χ2v) is 7.84. The van der Waals surface area contributed by atoms with Gasteiger partial charge in [-0.05, 0) is 38.0 Å². The van der Waals surface area contributed by atoms with Crippen LogP contribution in [0.1, 0.15) is 52.4 Å². The average Bonchev–Trinajstić information content (AvgIpc) is 3.17. The van der Waals surface area contributed by atoms with E-state index in [0.29, 0.717) is 24.9 Å². The van der Waals surface area contributed by atoms with Crippen molar-refractivity contribution in [3.63, 3.8) is 0 Å². The lowest BCUT2D eigenvalue weighted by molar-refractivity contribution is -0.148. The van der Waals surface area contributed by atoms with Crippen LogP contribution < -0.4 is 10.6 Å². The van der Waals surface area contributed by atoms with Crippen molar-refractivity contribution in [3.05, 3.63) is 0 Å². The highest BCUT2D eigenvalue weighted by Gasteiger charge is 2.24. The van der Waals surface area contributed by atoms with Crippen LogP contribution in [0.4, 0.5) is 0 Å². The predicted octanol–water partition coefficient (Wildman–Crippen LogP) is 1.77. The van der Waals surface area contributed by atoms with E-state index in [2.05, 4.69) is 34.4 Å². The highest BCUT2D eigenvalue weighted by molar-refractivity contribution is 5.79. The molecule has 156 valence electrons. The lowest BCUT2D eigenvalue weighted by Crippen LogP contribution is -2.52. The quantitative estimate of drug-likeness (QED) is 0.274. The third kappa shape index (κ3) is 8.05. The van der Waals surface area contributed by atoms with Gasteiger partial charge in [0, 0.05) is 45.7 Å². The largest absolute Gasteiger partial charge is 0.462 e. The summed E-state index contributed by atoms with van der Waals surface area (Å²) in [4.78, 5) is 18.7. The molecule has 7 heteroatoms. The number of hydrogen-bond acceptors (Lipinski definition) is 5. The highest BCUT2D eigenvalue weighted by atomic mass is 16.5. The van der Waals surface area contributed by atoms with Crippen molar-refractivity contribution in [1.82, 2.24) is 15.5 Å². The summed E-state index contributed by atoms with van der Waals surface area (Å²) in [5.74, 6) is 1.27. The molecule has 2 N–H and O–H groups in total. The Labute approximate surface area is 164 Å². The van der Waals surface area contributed by atoms with Crippen LogP contribution in [-0.2, 0) is 14.3 Å². The number of nitrogens with zero attached hydrogens (tertiary/aromatic N) is 2. The first-order valence-electron chi connectivity index (χ1n) is 10.6. The molecule has 1 aliphatic heterocycles. The van der Waals surface area contributed by atoms with Gasteiger partial charge >= 0.3 is 5.97 Å². The van der Waals surface area contributed by atoms with Gasteiger partial charge in [-0.2, -0.15) is 0 Å². The van der Waals surface area contributed by atoms with E-state index in [-0.39, 0.29) is 12.1 Å². The second-order valence-electron chi connectivity index (χ2n) is 7.84. The zero-order valence-corrected chi connectivity index (χ0v) is 17.3. The molecule has 1 aliphatic carbocycles. The number of hydrogen-bond donors (Lipinski definition) is 2. The molecule has 2 fully saturated rings. The number of aliphatic imine (C=N–C) groups is 1. The summed E-state index contributed by atoms with van der Waals surface area (Å²) in [5.41, 5.74) is 0. The second kappa shape index (κ2) is 12.2. The number of carbonyl (C=O) groups excluding carboxylic acids is 1. The molecule has 1 saturated heterocycles. The summed E-state index contributed by atoms with van der Waals surface area (Å²) in [6.07, 6.45) is 5.80. The molecule has 0 radical (unpaired) electrons. The van der Waals surface area contributed by atoms with Gasteiger partial charge in [-0.15, -0.1) is 0 Å². The van der Waals surface area contributed by atoms with Crippen LogP contribution in [0, 0.1) is 5.92 Å². The molecule has 2 aliphatic rings. The SMILES string of the molecule is CN=C(NCCCC(=O)OC1CCCC1)NCC(C(C)C)N1CCOCC1. The minimum absolute atomic E-state index is 0.0705. The Morgan fingerprint density at radius 3 is 2.56 bits per heavy atom. The fourth-order valence-electron chi connectivity index (χ4n) is 3.81. The molecule has 0 amide bonds. The van der Waals surface area contributed by atoms with Crippen LogP contribution in [-0.4, -0.2) is 75.4 Å². The summed E-state index contributed by atoms with van der Waals surface area (Å²) in [6.45, 7) is 9.67. The van der Waals surface area contributed by atoms with Gasteiger partial charge in [0.1, 0.15) is 6.10 Å². The van der Waals surface area contributed by atoms with Gasteiger partial charge in [-0.25, -0.2) is 0 Å². The smallest absolute Gasteiger partial charge is 0.306 e. The van der Waals surface area contributed by atoms with Gasteiger partial charge in [-0.3, -0.25) is 14.7 Å². The van der Waals surface area contributed by atoms with E-state index in [1.54, 1.807) is 7.05 Å². The van der Waals surface area contributed by atoms with Gasteiger partial charge in [-0.1, -0.05) is 13.8 Å². The van der Waals surface area contributed by atoms with Crippen LogP contribution >= 0.6 is 0 Å². The molecule has 2 rings (SSSR count). The molecule has 0 aromatic heterocycles. The number of esters is 1. The molecular formula is C20H38N4O3. The van der Waals surface area contributed by atoms with Gasteiger partial charge < -0.3 is 20.1 Å². The van der Waals surface area contributed by atoms with E-state index in [1.807, 2.05) is 0 Å². The Balaban J connectivity index is 1.63. The molecule has 7 nitrogen and oxygen atoms in total. The molecule has 1 atom stereocenters. The summed E-state index contributed by atoms with van der Waals surface area (Å²) in [6, 6.07) is 0.453. The van der Waals surface area contributed by atoms with Gasteiger partial charge in [0.25, 0.3) is 0 Å². The van der Waals surface area contributed by atoms with Crippen molar-refractivity contribution >= 4 is 11.9 Å². The Kier molecular flexibility index (Phi) is 9.91. The Bertz CT molecular complexity index is 458. The Hall–Kier alpha value is -1.34. The number of carbonyl (C=O) groups is 1. The van der Waals surface area contributed by atoms with Crippen LogP contribution in [0.2, 0.25) is 0 Å². The highest BCUT2D eigenvalue weighted by Crippen LogP contribution is 2.21. The molecule has 1 heterocycles. The third-order valence-electron chi connectivity index (χ3n) is 5.44. The zero-order valence-electron chi connectivity index (χ0n) is 17.3. The fourth-order valence-corrected chi connectivity index (χ4v) is 3.81. The van der Waals surface area contributed by atoms with Crippen molar-refractivity contribution < 1.29 is 14.3 Å². The third-order valence-corrected chi connectivity index (χ3v) is 5.44. The summed E-state index contributed by atoms with van der Waals surface area (Å²) in [5, 5.41) is 6.74.